The second-order valence-electron chi connectivity index (χ2n) is 9.07. The fraction of sp³-hybridized carbons (Fsp3) is 0.826. The molecule has 2 heterocycles. The summed E-state index contributed by atoms with van der Waals surface area (Å²) in [5.74, 6) is 1.09. The first-order chi connectivity index (χ1) is 13.1. The predicted molar refractivity (Wildman–Crippen MR) is 120 cm³/mol. The van der Waals surface area contributed by atoms with Gasteiger partial charge < -0.3 is 0 Å². The van der Waals surface area contributed by atoms with Crippen LogP contribution in [0, 0.1) is 0 Å². The zero-order valence-electron chi connectivity index (χ0n) is 18.3. The molecule has 1 aromatic rings. The fourth-order valence-electron chi connectivity index (χ4n) is 5.08. The van der Waals surface area contributed by atoms with Crippen LogP contribution in [-0.2, 0) is 12.8 Å². The Morgan fingerprint density at radius 2 is 1.56 bits per heavy atom. The molecule has 0 aromatic carbocycles. The summed E-state index contributed by atoms with van der Waals surface area (Å²) in [6.45, 7) is 10.6. The maximum atomic E-state index is 5.46. The molecule has 1 atom stereocenters. The van der Waals surface area contributed by atoms with Crippen molar-refractivity contribution in [1.82, 2.24) is 9.97 Å². The zero-order chi connectivity index (χ0) is 19.3. The summed E-state index contributed by atoms with van der Waals surface area (Å²) in [5.41, 5.74) is 3.06. The molecule has 3 rings (SSSR count). The van der Waals surface area contributed by atoms with Crippen molar-refractivity contribution in [3.8, 4) is 0 Å². The van der Waals surface area contributed by atoms with Crippen LogP contribution in [0.15, 0.2) is 0 Å². The number of aromatic nitrogens is 2. The molecule has 0 N–H and O–H groups in total. The van der Waals surface area contributed by atoms with E-state index in [1.807, 2.05) is 0 Å². The van der Waals surface area contributed by atoms with Crippen LogP contribution < -0.4 is 8.61 Å². The van der Waals surface area contributed by atoms with Gasteiger partial charge in [0.2, 0.25) is 0 Å². The summed E-state index contributed by atoms with van der Waals surface area (Å²) < 4.78 is 6.23. The summed E-state index contributed by atoms with van der Waals surface area (Å²) in [4.78, 5) is 13.0. The van der Waals surface area contributed by atoms with Crippen LogP contribution in [0.3, 0.4) is 0 Å². The molecule has 0 bridgehead atoms. The molecule has 1 aromatic heterocycles. The van der Waals surface area contributed by atoms with Crippen LogP contribution >= 0.6 is 0 Å². The first-order valence-electron chi connectivity index (χ1n) is 11.8. The number of rotatable bonds is 11. The van der Waals surface area contributed by atoms with Crippen molar-refractivity contribution in [2.24, 2.45) is 0 Å². The Bertz CT molecular complexity index is 594. The van der Waals surface area contributed by atoms with Crippen molar-refractivity contribution >= 4 is 28.0 Å². The van der Waals surface area contributed by atoms with Crippen LogP contribution in [0.2, 0.25) is 13.3 Å². The van der Waals surface area contributed by atoms with E-state index in [1.165, 1.54) is 83.2 Å². The van der Waals surface area contributed by atoms with Crippen molar-refractivity contribution in [2.75, 3.05) is 11.4 Å². The standard InChI is InChI=1S/C11H14N3.3C4H9.Sn/c1-8-5-6-14(8)11-12-7-9-3-2-4-10(9)13-11;3*1-3-4-2;/h8H,2-6H2,1H3;3*1,3-4H2,2H3;. The first kappa shape index (κ1) is 21.4. The van der Waals surface area contributed by atoms with Gasteiger partial charge in [-0.1, -0.05) is 0 Å². The van der Waals surface area contributed by atoms with E-state index in [0.717, 1.165) is 12.5 Å². The Balaban J connectivity index is 2.05. The fourth-order valence-corrected chi connectivity index (χ4v) is 21.6. The Morgan fingerprint density at radius 3 is 2.04 bits per heavy atom. The molecule has 1 aliphatic heterocycles. The van der Waals surface area contributed by atoms with Gasteiger partial charge >= 0.3 is 172 Å². The predicted octanol–water partition coefficient (Wildman–Crippen LogP) is 5.62. The number of nitrogens with zero attached hydrogens (tertiary/aromatic N) is 3. The van der Waals surface area contributed by atoms with E-state index in [4.69, 9.17) is 9.97 Å². The van der Waals surface area contributed by atoms with Gasteiger partial charge in [-0.2, -0.15) is 0 Å². The van der Waals surface area contributed by atoms with Gasteiger partial charge in [-0.05, 0) is 0 Å². The molecule has 27 heavy (non-hydrogen) atoms. The third-order valence-corrected chi connectivity index (χ3v) is 22.3. The van der Waals surface area contributed by atoms with Crippen molar-refractivity contribution in [3.05, 3.63) is 11.3 Å². The van der Waals surface area contributed by atoms with Crippen LogP contribution in [0.1, 0.15) is 90.3 Å². The molecule has 0 radical (unpaired) electrons. The molecule has 1 fully saturated rings. The summed E-state index contributed by atoms with van der Waals surface area (Å²) >= 11 is -2.50. The normalized spacial score (nSPS) is 19.3. The molecular weight excluding hydrogens is 437 g/mol. The Kier molecular flexibility index (Phi) is 7.87. The minimum absolute atomic E-state index is 0.629. The van der Waals surface area contributed by atoms with Crippen molar-refractivity contribution < 1.29 is 0 Å². The Morgan fingerprint density at radius 1 is 0.926 bits per heavy atom. The summed E-state index contributed by atoms with van der Waals surface area (Å²) in [5, 5.41) is 0. The summed E-state index contributed by atoms with van der Waals surface area (Å²) in [6, 6.07) is 0.629. The van der Waals surface area contributed by atoms with E-state index >= 15 is 0 Å². The number of unbranched alkanes of at least 4 members (excludes halogenated alkanes) is 3. The Hall–Kier alpha value is -0.321. The van der Waals surface area contributed by atoms with Crippen molar-refractivity contribution in [1.29, 1.82) is 0 Å². The molecule has 0 amide bonds. The van der Waals surface area contributed by atoms with Gasteiger partial charge in [0.25, 0.3) is 0 Å². The van der Waals surface area contributed by atoms with Gasteiger partial charge in [0, 0.05) is 0 Å². The van der Waals surface area contributed by atoms with Crippen molar-refractivity contribution in [3.63, 3.8) is 0 Å². The number of hydrogen-bond donors (Lipinski definition) is 0. The van der Waals surface area contributed by atoms with E-state index in [9.17, 15) is 0 Å². The van der Waals surface area contributed by atoms with E-state index in [-0.39, 0.29) is 0 Å². The van der Waals surface area contributed by atoms with Crippen LogP contribution in [0.5, 0.6) is 0 Å². The topological polar surface area (TPSA) is 29.0 Å². The summed E-state index contributed by atoms with van der Waals surface area (Å²) in [6.07, 6.45) is 13.3. The molecule has 4 heteroatoms. The second kappa shape index (κ2) is 9.93. The van der Waals surface area contributed by atoms with Gasteiger partial charge in [0.1, 0.15) is 0 Å². The number of anilines is 1. The van der Waals surface area contributed by atoms with Gasteiger partial charge in [-0.3, -0.25) is 0 Å². The first-order valence-corrected chi connectivity index (χ1v) is 19.3. The molecule has 1 aliphatic carbocycles. The van der Waals surface area contributed by atoms with Gasteiger partial charge in [0.15, 0.2) is 0 Å². The van der Waals surface area contributed by atoms with Crippen LogP contribution in [-0.4, -0.2) is 40.9 Å². The van der Waals surface area contributed by atoms with Gasteiger partial charge in [-0.25, -0.2) is 0 Å². The van der Waals surface area contributed by atoms with Gasteiger partial charge in [-0.15, -0.1) is 0 Å². The molecular formula is C23H41N3Sn. The molecule has 3 nitrogen and oxygen atoms in total. The van der Waals surface area contributed by atoms with Crippen molar-refractivity contribution in [2.45, 2.75) is 111 Å². The summed E-state index contributed by atoms with van der Waals surface area (Å²) in [7, 11) is 0. The second-order valence-corrected chi connectivity index (χ2v) is 22.0. The monoisotopic (exact) mass is 479 g/mol. The average Bonchev–Trinajstić information content (AvgIpc) is 3.14. The minimum atomic E-state index is -2.50. The quantitative estimate of drug-likeness (QED) is 0.387. The van der Waals surface area contributed by atoms with E-state index in [2.05, 4.69) is 32.6 Å². The number of fused-ring (bicyclic) bond motifs is 1. The molecule has 152 valence electrons. The van der Waals surface area contributed by atoms with Gasteiger partial charge in [0.05, 0.1) is 0 Å². The molecule has 1 saturated heterocycles. The Labute approximate surface area is 171 Å². The van der Waals surface area contributed by atoms with E-state index < -0.39 is 18.4 Å². The average molecular weight is 478 g/mol. The number of aryl methyl sites for hydroxylation is 1. The van der Waals surface area contributed by atoms with Crippen LogP contribution in [0.25, 0.3) is 0 Å². The zero-order valence-corrected chi connectivity index (χ0v) is 21.2. The number of hydrogen-bond acceptors (Lipinski definition) is 3. The third-order valence-electron chi connectivity index (χ3n) is 7.03. The SMILES string of the molecule is CCC[CH2][Sn]([CH2]CCC)([CH2]CCC)[c]1nc(N2CCC2C)nc2c1CCC2. The maximum absolute atomic E-state index is 5.46. The van der Waals surface area contributed by atoms with E-state index in [0.29, 0.717) is 6.04 Å². The third kappa shape index (κ3) is 4.64. The molecule has 2 aliphatic rings. The van der Waals surface area contributed by atoms with E-state index in [1.54, 1.807) is 9.27 Å². The molecule has 0 spiro atoms. The molecule has 0 saturated carbocycles. The van der Waals surface area contributed by atoms with Crippen LogP contribution in [0.4, 0.5) is 5.95 Å². The molecule has 1 unspecified atom stereocenters.